The van der Waals surface area contributed by atoms with Crippen molar-refractivity contribution in [1.29, 1.82) is 0 Å². The maximum Gasteiger partial charge on any atom is 0.459 e. The largest absolute Gasteiger partial charge is 0.461 e. The van der Waals surface area contributed by atoms with Gasteiger partial charge in [-0.3, -0.25) is 13.9 Å². The van der Waals surface area contributed by atoms with Crippen molar-refractivity contribution in [3.8, 4) is 5.75 Å². The van der Waals surface area contributed by atoms with Gasteiger partial charge in [-0.15, -0.1) is 11.8 Å². The second kappa shape index (κ2) is 11.3. The summed E-state index contributed by atoms with van der Waals surface area (Å²) in [5.74, 6) is -0.395. The summed E-state index contributed by atoms with van der Waals surface area (Å²) >= 11 is 0.927. The molecule has 2 aromatic rings. The van der Waals surface area contributed by atoms with Crippen LogP contribution in [0.2, 0.25) is 0 Å². The zero-order valence-corrected chi connectivity index (χ0v) is 21.1. The van der Waals surface area contributed by atoms with Crippen LogP contribution in [0.1, 0.15) is 31.6 Å². The number of benzene rings is 1. The summed E-state index contributed by atoms with van der Waals surface area (Å²) in [6.07, 6.45) is 0.317. The second-order valence-corrected chi connectivity index (χ2v) is 11.6. The van der Waals surface area contributed by atoms with E-state index in [2.05, 4.69) is 10.1 Å². The average molecular weight is 543 g/mol. The van der Waals surface area contributed by atoms with E-state index in [4.69, 9.17) is 19.5 Å². The van der Waals surface area contributed by atoms with Crippen LogP contribution in [0.3, 0.4) is 0 Å². The van der Waals surface area contributed by atoms with Crippen LogP contribution in [-0.4, -0.2) is 56.9 Å². The van der Waals surface area contributed by atoms with E-state index in [9.17, 15) is 23.7 Å². The zero-order chi connectivity index (χ0) is 25.9. The number of nitrogen functional groups attached to an aromatic ring is 1. The Morgan fingerprint density at radius 1 is 1.36 bits per heavy atom. The van der Waals surface area contributed by atoms with Crippen molar-refractivity contribution in [2.24, 2.45) is 0 Å². The minimum Gasteiger partial charge on any atom is -0.461 e. The van der Waals surface area contributed by atoms with Gasteiger partial charge in [-0.05, 0) is 44.4 Å². The molecule has 36 heavy (non-hydrogen) atoms. The molecule has 1 aromatic carbocycles. The zero-order valence-electron chi connectivity index (χ0n) is 19.4. The monoisotopic (exact) mass is 542 g/mol. The molecule has 0 amide bonds. The number of esters is 1. The second-order valence-electron chi connectivity index (χ2n) is 8.58. The number of ether oxygens (including phenoxy) is 1. The molecule has 6 atom stereocenters. The lowest BCUT2D eigenvalue weighted by Gasteiger charge is -2.28. The maximum atomic E-state index is 14.9. The van der Waals surface area contributed by atoms with Gasteiger partial charge in [0.2, 0.25) is 0 Å². The lowest BCUT2D eigenvalue weighted by Crippen LogP contribution is -2.39. The summed E-state index contributed by atoms with van der Waals surface area (Å²) in [5.41, 5.74) is 4.73. The van der Waals surface area contributed by atoms with Crippen molar-refractivity contribution in [2.75, 3.05) is 12.3 Å². The molecule has 1 saturated carbocycles. The smallest absolute Gasteiger partial charge is 0.459 e. The van der Waals surface area contributed by atoms with Crippen molar-refractivity contribution >= 4 is 31.3 Å². The minimum absolute atomic E-state index is 0.00915. The van der Waals surface area contributed by atoms with Crippen LogP contribution in [0.4, 0.5) is 10.2 Å². The number of aliphatic hydroxyl groups excluding tert-OH is 1. The molecule has 1 aliphatic carbocycles. The first kappa shape index (κ1) is 26.6. The summed E-state index contributed by atoms with van der Waals surface area (Å²) in [6, 6.07) is 8.52. The van der Waals surface area contributed by atoms with E-state index in [1.165, 1.54) is 19.2 Å². The highest BCUT2D eigenvalue weighted by Gasteiger charge is 2.46. The van der Waals surface area contributed by atoms with Gasteiger partial charge in [0.15, 0.2) is 6.17 Å². The summed E-state index contributed by atoms with van der Waals surface area (Å²) < 4.78 is 46.1. The molecule has 2 heterocycles. The van der Waals surface area contributed by atoms with Crippen LogP contribution >= 0.6 is 19.5 Å². The Morgan fingerprint density at radius 3 is 2.72 bits per heavy atom. The quantitative estimate of drug-likeness (QED) is 0.299. The fraction of sp³-hybridized carbons (Fsp3) is 0.500. The molecule has 4 N–H and O–H groups in total. The molecule has 2 aliphatic rings. The van der Waals surface area contributed by atoms with Gasteiger partial charge in [0.1, 0.15) is 35.2 Å². The summed E-state index contributed by atoms with van der Waals surface area (Å²) in [4.78, 5) is 28.2. The van der Waals surface area contributed by atoms with Crippen molar-refractivity contribution in [3.63, 3.8) is 0 Å². The number of anilines is 1. The first-order chi connectivity index (χ1) is 17.1. The van der Waals surface area contributed by atoms with Crippen molar-refractivity contribution < 1.29 is 32.6 Å². The number of thioether (sulfide) groups is 1. The fourth-order valence-corrected chi connectivity index (χ4v) is 6.65. The number of aliphatic hydroxyl groups is 1. The van der Waals surface area contributed by atoms with Crippen LogP contribution in [0.5, 0.6) is 5.75 Å². The standard InChI is InChI=1S/C22H28FN4O7PS/c1-13(21(29)33-14-8-5-9-14)26-35(31,34-15-6-3-2-4-7-15)32-12-16-19(28)18(23)20(36-16)27-11-10-17(24)25-22(27)30/h2-4,6-7,10-11,13-14,16,18-20,28H,5,8-9,12H2,1H3,(H,26,31)(H2,24,25,30)/t13-,16?,18-,19+,20+,35?/m0/s1. The van der Waals surface area contributed by atoms with Gasteiger partial charge in [0.05, 0.1) is 11.9 Å². The van der Waals surface area contributed by atoms with Crippen LogP contribution in [0.15, 0.2) is 47.4 Å². The first-order valence-corrected chi connectivity index (χ1v) is 13.9. The molecule has 196 valence electrons. The van der Waals surface area contributed by atoms with Gasteiger partial charge in [0, 0.05) is 6.20 Å². The molecular weight excluding hydrogens is 514 g/mol. The number of rotatable bonds is 10. The number of aromatic nitrogens is 2. The Kier molecular flexibility index (Phi) is 8.36. The van der Waals surface area contributed by atoms with Gasteiger partial charge < -0.3 is 20.1 Å². The molecule has 4 rings (SSSR count). The van der Waals surface area contributed by atoms with E-state index in [1.807, 2.05) is 0 Å². The maximum absolute atomic E-state index is 14.9. The van der Waals surface area contributed by atoms with Crippen molar-refractivity contribution in [3.05, 3.63) is 53.1 Å². The lowest BCUT2D eigenvalue weighted by atomic mass is 9.96. The van der Waals surface area contributed by atoms with Crippen LogP contribution < -0.4 is 21.0 Å². The normalized spacial score (nSPS) is 26.5. The highest BCUT2D eigenvalue weighted by molar-refractivity contribution is 8.00. The Morgan fingerprint density at radius 2 is 2.08 bits per heavy atom. The molecule has 1 aliphatic heterocycles. The molecule has 1 saturated heterocycles. The molecule has 14 heteroatoms. The van der Waals surface area contributed by atoms with Crippen LogP contribution in [0.25, 0.3) is 0 Å². The van der Waals surface area contributed by atoms with E-state index in [0.717, 1.165) is 35.6 Å². The van der Waals surface area contributed by atoms with Crippen LogP contribution in [0, 0.1) is 0 Å². The van der Waals surface area contributed by atoms with Crippen molar-refractivity contribution in [2.45, 2.75) is 61.2 Å². The average Bonchev–Trinajstić information content (AvgIpc) is 3.09. The Balaban J connectivity index is 1.46. The van der Waals surface area contributed by atoms with Gasteiger partial charge in [-0.25, -0.2) is 13.8 Å². The predicted molar refractivity (Wildman–Crippen MR) is 131 cm³/mol. The molecule has 2 unspecified atom stereocenters. The lowest BCUT2D eigenvalue weighted by molar-refractivity contribution is -0.154. The van der Waals surface area contributed by atoms with Gasteiger partial charge in [-0.1, -0.05) is 18.2 Å². The topological polar surface area (TPSA) is 155 Å². The third-order valence-corrected chi connectivity index (χ3v) is 9.01. The minimum atomic E-state index is -4.19. The third-order valence-electron chi connectivity index (χ3n) is 5.84. The Labute approximate surface area is 211 Å². The molecule has 1 aromatic heterocycles. The molecule has 2 fully saturated rings. The van der Waals surface area contributed by atoms with E-state index in [-0.39, 0.29) is 17.7 Å². The number of alkyl halides is 1. The number of hydrogen-bond acceptors (Lipinski definition) is 10. The number of carbonyl (C=O) groups excluding carboxylic acids is 1. The molecular formula is C22H28FN4O7PS. The van der Waals surface area contributed by atoms with E-state index in [0.29, 0.717) is 0 Å². The summed E-state index contributed by atoms with van der Waals surface area (Å²) in [6.45, 7) is 1.07. The number of nitrogens with one attached hydrogen (secondary N) is 1. The van der Waals surface area contributed by atoms with Crippen LogP contribution in [-0.2, 0) is 18.6 Å². The van der Waals surface area contributed by atoms with E-state index < -0.39 is 55.0 Å². The van der Waals surface area contributed by atoms with Gasteiger partial charge in [0.25, 0.3) is 0 Å². The molecule has 0 bridgehead atoms. The number of hydrogen-bond donors (Lipinski definition) is 3. The van der Waals surface area contributed by atoms with E-state index >= 15 is 0 Å². The molecule has 11 nitrogen and oxygen atoms in total. The fourth-order valence-electron chi connectivity index (χ4n) is 3.61. The Bertz CT molecular complexity index is 1170. The number of carbonyl (C=O) groups is 1. The van der Waals surface area contributed by atoms with Gasteiger partial charge >= 0.3 is 19.4 Å². The third kappa shape index (κ3) is 6.27. The van der Waals surface area contributed by atoms with Gasteiger partial charge in [-0.2, -0.15) is 10.1 Å². The number of nitrogens with two attached hydrogens (primary N) is 1. The Hall–Kier alpha value is -2.44. The SMILES string of the molecule is C[C@H](NP(=O)(OCC1S[C@@H](n2ccc(N)nc2=O)[C@@H](F)[C@@H]1O)Oc1ccccc1)C(=O)OC1CCC1. The molecule has 0 radical (unpaired) electrons. The summed E-state index contributed by atoms with van der Waals surface area (Å²) in [5, 5.41) is 11.0. The molecule has 0 spiro atoms. The number of halogens is 1. The number of para-hydroxylation sites is 1. The van der Waals surface area contributed by atoms with Crippen molar-refractivity contribution in [1.82, 2.24) is 14.6 Å². The first-order valence-electron chi connectivity index (χ1n) is 11.4. The number of nitrogens with zero attached hydrogens (tertiary/aromatic N) is 2. The predicted octanol–water partition coefficient (Wildman–Crippen LogP) is 2.42. The summed E-state index contributed by atoms with van der Waals surface area (Å²) in [7, 11) is -4.19. The highest BCUT2D eigenvalue weighted by Crippen LogP contribution is 2.49. The highest BCUT2D eigenvalue weighted by atomic mass is 32.2. The van der Waals surface area contributed by atoms with E-state index in [1.54, 1.807) is 30.3 Å².